The highest BCUT2D eigenvalue weighted by atomic mass is 19.1. The predicted octanol–water partition coefficient (Wildman–Crippen LogP) is 6.87. The van der Waals surface area contributed by atoms with E-state index in [1.165, 1.54) is 17.6 Å². The second kappa shape index (κ2) is 10.3. The van der Waals surface area contributed by atoms with Gasteiger partial charge in [0.05, 0.1) is 16.9 Å². The summed E-state index contributed by atoms with van der Waals surface area (Å²) in [5, 5.41) is 11.7. The van der Waals surface area contributed by atoms with E-state index in [0.29, 0.717) is 58.4 Å². The van der Waals surface area contributed by atoms with Crippen LogP contribution in [-0.2, 0) is 0 Å². The Morgan fingerprint density at radius 3 is 2.29 bits per heavy atom. The van der Waals surface area contributed by atoms with Crippen LogP contribution in [0, 0.1) is 29.2 Å². The highest BCUT2D eigenvalue weighted by molar-refractivity contribution is 6.03. The molecule has 3 aromatic carbocycles. The number of urea groups is 1. The average molecular weight is 525 g/mol. The fourth-order valence-corrected chi connectivity index (χ4v) is 4.91. The minimum absolute atomic E-state index is 0.0356. The van der Waals surface area contributed by atoms with Crippen molar-refractivity contribution in [2.45, 2.75) is 19.8 Å². The molecule has 1 aliphatic rings. The molecule has 4 aromatic rings. The van der Waals surface area contributed by atoms with Crippen LogP contribution in [0.2, 0.25) is 0 Å². The molecule has 1 saturated heterocycles. The summed E-state index contributed by atoms with van der Waals surface area (Å²) in [6.45, 7) is 3.57. The van der Waals surface area contributed by atoms with Crippen LogP contribution < -0.4 is 15.7 Å². The number of amides is 2. The Labute approximate surface area is 215 Å². The van der Waals surface area contributed by atoms with E-state index >= 15 is 0 Å². The number of piperidine rings is 1. The molecule has 196 valence electrons. The molecular formula is C28H24F4N4O2. The molecule has 2 heterocycles. The summed E-state index contributed by atoms with van der Waals surface area (Å²) in [4.78, 5) is 18.4. The van der Waals surface area contributed by atoms with Crippen LogP contribution in [0.4, 0.5) is 33.7 Å². The first-order valence-corrected chi connectivity index (χ1v) is 12.1. The molecule has 0 saturated carbocycles. The monoisotopic (exact) mass is 524 g/mol. The van der Waals surface area contributed by atoms with Gasteiger partial charge in [-0.05, 0) is 60.2 Å². The fourth-order valence-electron chi connectivity index (χ4n) is 4.91. The third kappa shape index (κ3) is 4.99. The number of nitrogens with zero attached hydrogens (tertiary/aromatic N) is 2. The topological polar surface area (TPSA) is 77.5 Å². The summed E-state index contributed by atoms with van der Waals surface area (Å²) in [7, 11) is 0. The Morgan fingerprint density at radius 2 is 1.61 bits per heavy atom. The van der Waals surface area contributed by atoms with Crippen molar-refractivity contribution in [1.29, 1.82) is 0 Å². The number of carbonyl (C=O) groups is 1. The molecule has 2 amide bonds. The van der Waals surface area contributed by atoms with Gasteiger partial charge < -0.3 is 10.2 Å². The van der Waals surface area contributed by atoms with Crippen LogP contribution in [0.3, 0.4) is 0 Å². The first-order valence-electron chi connectivity index (χ1n) is 12.1. The highest BCUT2D eigenvalue weighted by Crippen LogP contribution is 2.41. The number of nitrogens with one attached hydrogen (secondary N) is 2. The Bertz CT molecular complexity index is 1520. The normalized spacial score (nSPS) is 14.1. The number of fused-ring (bicyclic) bond motifs is 1. The van der Waals surface area contributed by atoms with E-state index < -0.39 is 29.3 Å². The van der Waals surface area contributed by atoms with Crippen molar-refractivity contribution in [3.63, 3.8) is 0 Å². The molecule has 6 nitrogen and oxygen atoms in total. The number of hydroxylamine groups is 1. The van der Waals surface area contributed by atoms with Gasteiger partial charge >= 0.3 is 6.03 Å². The molecular weight excluding hydrogens is 500 g/mol. The minimum Gasteiger partial charge on any atom is -0.370 e. The summed E-state index contributed by atoms with van der Waals surface area (Å²) in [5.74, 6) is -2.82. The number of pyridine rings is 1. The molecule has 38 heavy (non-hydrogen) atoms. The van der Waals surface area contributed by atoms with Gasteiger partial charge in [0.1, 0.15) is 23.3 Å². The van der Waals surface area contributed by atoms with Gasteiger partial charge in [-0.1, -0.05) is 13.0 Å². The number of halogens is 4. The first kappa shape index (κ1) is 25.5. The van der Waals surface area contributed by atoms with Crippen molar-refractivity contribution in [2.75, 3.05) is 23.3 Å². The molecule has 0 radical (unpaired) electrons. The van der Waals surface area contributed by atoms with Crippen LogP contribution >= 0.6 is 0 Å². The number of rotatable bonds is 4. The lowest BCUT2D eigenvalue weighted by Crippen LogP contribution is -2.33. The van der Waals surface area contributed by atoms with E-state index in [0.717, 1.165) is 25.0 Å². The van der Waals surface area contributed by atoms with Gasteiger partial charge in [-0.2, -0.15) is 0 Å². The van der Waals surface area contributed by atoms with Crippen molar-refractivity contribution >= 4 is 28.3 Å². The SMILES string of the molecule is CC1CCN(c2c(-c3cc(F)cc(F)c3)cnc3ccc(-c4cc(F)cc(F)c4NC(=O)NO)cc23)CC1. The Hall–Kier alpha value is -4.18. The van der Waals surface area contributed by atoms with Crippen LogP contribution in [0.15, 0.2) is 54.7 Å². The van der Waals surface area contributed by atoms with Crippen molar-refractivity contribution in [2.24, 2.45) is 5.92 Å². The zero-order valence-electron chi connectivity index (χ0n) is 20.4. The average Bonchev–Trinajstić information content (AvgIpc) is 2.89. The molecule has 1 aliphatic heterocycles. The van der Waals surface area contributed by atoms with Gasteiger partial charge in [0.15, 0.2) is 0 Å². The first-order chi connectivity index (χ1) is 18.2. The molecule has 0 spiro atoms. The summed E-state index contributed by atoms with van der Waals surface area (Å²) in [6.07, 6.45) is 3.41. The van der Waals surface area contributed by atoms with E-state index in [9.17, 15) is 22.4 Å². The van der Waals surface area contributed by atoms with Crippen LogP contribution in [0.25, 0.3) is 33.2 Å². The lowest BCUT2D eigenvalue weighted by molar-refractivity contribution is 0.172. The van der Waals surface area contributed by atoms with Gasteiger partial charge in [0, 0.05) is 47.9 Å². The number of benzene rings is 3. The van der Waals surface area contributed by atoms with Crippen LogP contribution in [-0.4, -0.2) is 29.3 Å². The quantitative estimate of drug-likeness (QED) is 0.155. The maximum atomic E-state index is 14.7. The van der Waals surface area contributed by atoms with E-state index in [4.69, 9.17) is 5.21 Å². The lowest BCUT2D eigenvalue weighted by Gasteiger charge is -2.34. The molecule has 5 rings (SSSR count). The Kier molecular flexibility index (Phi) is 6.90. The van der Waals surface area contributed by atoms with E-state index in [1.807, 2.05) is 0 Å². The predicted molar refractivity (Wildman–Crippen MR) is 137 cm³/mol. The van der Waals surface area contributed by atoms with Gasteiger partial charge in [-0.3, -0.25) is 10.2 Å². The molecule has 0 unspecified atom stereocenters. The second-order valence-electron chi connectivity index (χ2n) is 9.46. The number of anilines is 2. The third-order valence-corrected chi connectivity index (χ3v) is 6.82. The van der Waals surface area contributed by atoms with Gasteiger partial charge in [-0.15, -0.1) is 0 Å². The molecule has 1 fully saturated rings. The second-order valence-corrected chi connectivity index (χ2v) is 9.46. The third-order valence-electron chi connectivity index (χ3n) is 6.82. The fraction of sp³-hybridized carbons (Fsp3) is 0.214. The molecule has 3 N–H and O–H groups in total. The lowest BCUT2D eigenvalue weighted by atomic mass is 9.94. The minimum atomic E-state index is -1.10. The van der Waals surface area contributed by atoms with Gasteiger partial charge in [-0.25, -0.2) is 27.8 Å². The van der Waals surface area contributed by atoms with Gasteiger partial charge in [0.25, 0.3) is 0 Å². The Morgan fingerprint density at radius 1 is 0.921 bits per heavy atom. The number of hydrogen-bond acceptors (Lipinski definition) is 4. The molecule has 10 heteroatoms. The van der Waals surface area contributed by atoms with Crippen molar-refractivity contribution in [3.8, 4) is 22.3 Å². The smallest absolute Gasteiger partial charge is 0.343 e. The number of carbonyl (C=O) groups excluding carboxylic acids is 1. The maximum absolute atomic E-state index is 14.7. The highest BCUT2D eigenvalue weighted by Gasteiger charge is 2.23. The maximum Gasteiger partial charge on any atom is 0.343 e. The van der Waals surface area contributed by atoms with Crippen molar-refractivity contribution in [1.82, 2.24) is 10.5 Å². The summed E-state index contributed by atoms with van der Waals surface area (Å²) in [6, 6.07) is 8.84. The molecule has 0 atom stereocenters. The number of aromatic nitrogens is 1. The zero-order chi connectivity index (χ0) is 27.0. The summed E-state index contributed by atoms with van der Waals surface area (Å²) < 4.78 is 57.4. The van der Waals surface area contributed by atoms with E-state index in [-0.39, 0.29) is 11.3 Å². The zero-order valence-corrected chi connectivity index (χ0v) is 20.4. The van der Waals surface area contributed by atoms with E-state index in [1.54, 1.807) is 24.4 Å². The molecule has 1 aromatic heterocycles. The molecule has 0 aliphatic carbocycles. The Balaban J connectivity index is 1.75. The van der Waals surface area contributed by atoms with Crippen molar-refractivity contribution < 1.29 is 27.6 Å². The molecule has 0 bridgehead atoms. The van der Waals surface area contributed by atoms with Gasteiger partial charge in [0.2, 0.25) is 0 Å². The van der Waals surface area contributed by atoms with Crippen LogP contribution in [0.1, 0.15) is 19.8 Å². The van der Waals surface area contributed by atoms with Crippen molar-refractivity contribution in [3.05, 3.63) is 78.0 Å². The largest absolute Gasteiger partial charge is 0.370 e. The summed E-state index contributed by atoms with van der Waals surface area (Å²) >= 11 is 0. The standard InChI is InChI=1S/C28H24F4N4O2/c1-15-4-6-36(7-5-15)27-22-10-16(21-12-20(31)13-24(32)26(21)34-28(37)35-38)2-3-25(22)33-14-23(27)17-8-18(29)11-19(30)9-17/h2-3,8-15,38H,4-7H2,1H3,(H2,34,35,37). The summed E-state index contributed by atoms with van der Waals surface area (Å²) in [5.41, 5.74) is 3.54. The number of hydrogen-bond donors (Lipinski definition) is 3. The van der Waals surface area contributed by atoms with Crippen LogP contribution in [0.5, 0.6) is 0 Å². The van der Waals surface area contributed by atoms with E-state index in [2.05, 4.69) is 22.1 Å².